The highest BCUT2D eigenvalue weighted by Crippen LogP contribution is 2.29. The highest BCUT2D eigenvalue weighted by atomic mass is 19.4. The van der Waals surface area contributed by atoms with Crippen molar-refractivity contribution in [3.05, 3.63) is 29.8 Å². The average molecular weight is 288 g/mol. The lowest BCUT2D eigenvalue weighted by molar-refractivity contribution is -0.132. The van der Waals surface area contributed by atoms with Gasteiger partial charge in [-0.2, -0.15) is 13.2 Å². The summed E-state index contributed by atoms with van der Waals surface area (Å²) in [5.74, 6) is 0. The summed E-state index contributed by atoms with van der Waals surface area (Å²) in [7, 11) is 1.71. The normalized spacial score (nSPS) is 13.3. The largest absolute Gasteiger partial charge is 0.390 e. The van der Waals surface area contributed by atoms with Crippen molar-refractivity contribution >= 4 is 5.69 Å². The van der Waals surface area contributed by atoms with Crippen molar-refractivity contribution in [1.29, 1.82) is 0 Å². The monoisotopic (exact) mass is 288 g/mol. The summed E-state index contributed by atoms with van der Waals surface area (Å²) in [6.07, 6.45) is -4.01. The lowest BCUT2D eigenvalue weighted by Crippen LogP contribution is -2.27. The van der Waals surface area contributed by atoms with E-state index in [1.807, 2.05) is 31.2 Å². The number of nitrogens with zero attached hydrogens (tertiary/aromatic N) is 1. The Morgan fingerprint density at radius 3 is 2.40 bits per heavy atom. The van der Waals surface area contributed by atoms with Gasteiger partial charge in [0.15, 0.2) is 0 Å². The van der Waals surface area contributed by atoms with E-state index in [4.69, 9.17) is 0 Å². The van der Waals surface area contributed by atoms with Crippen molar-refractivity contribution in [1.82, 2.24) is 5.32 Å². The van der Waals surface area contributed by atoms with E-state index in [1.54, 1.807) is 11.9 Å². The first kappa shape index (κ1) is 16.8. The molecule has 0 aliphatic heterocycles. The van der Waals surface area contributed by atoms with Crippen LogP contribution in [-0.4, -0.2) is 26.3 Å². The fraction of sp³-hybridized carbons (Fsp3) is 0.600. The van der Waals surface area contributed by atoms with E-state index < -0.39 is 12.6 Å². The van der Waals surface area contributed by atoms with Gasteiger partial charge in [-0.05, 0) is 24.6 Å². The maximum absolute atomic E-state index is 12.3. The van der Waals surface area contributed by atoms with Crippen molar-refractivity contribution in [2.24, 2.45) is 0 Å². The zero-order chi connectivity index (χ0) is 15.2. The van der Waals surface area contributed by atoms with Crippen LogP contribution in [0.15, 0.2) is 24.3 Å². The van der Waals surface area contributed by atoms with E-state index in [-0.39, 0.29) is 12.6 Å². The second kappa shape index (κ2) is 7.53. The van der Waals surface area contributed by atoms with Gasteiger partial charge in [0.1, 0.15) is 0 Å². The summed E-state index contributed by atoms with van der Waals surface area (Å²) in [5, 5.41) is 3.37. The third-order valence-electron chi connectivity index (χ3n) is 3.31. The molecule has 0 fully saturated rings. The van der Waals surface area contributed by atoms with E-state index in [0.717, 1.165) is 24.2 Å². The molecule has 1 unspecified atom stereocenters. The molecule has 1 N–H and O–H groups in total. The molecule has 0 radical (unpaired) electrons. The summed E-state index contributed by atoms with van der Waals surface area (Å²) in [5.41, 5.74) is 1.92. The minimum Gasteiger partial charge on any atom is -0.374 e. The van der Waals surface area contributed by atoms with E-state index in [0.29, 0.717) is 0 Å². The van der Waals surface area contributed by atoms with Crippen LogP contribution in [0, 0.1) is 0 Å². The van der Waals surface area contributed by atoms with Crippen LogP contribution in [0.4, 0.5) is 18.9 Å². The molecule has 5 heteroatoms. The predicted octanol–water partition coefficient (Wildman–Crippen LogP) is 4.14. The minimum atomic E-state index is -4.12. The second-order valence-corrected chi connectivity index (χ2v) is 4.86. The van der Waals surface area contributed by atoms with Crippen molar-refractivity contribution in [3.8, 4) is 0 Å². The molecular formula is C15H23F3N2. The van der Waals surface area contributed by atoms with Crippen LogP contribution in [0.2, 0.25) is 0 Å². The first-order valence-electron chi connectivity index (χ1n) is 6.99. The molecule has 2 nitrogen and oxygen atoms in total. The van der Waals surface area contributed by atoms with Crippen molar-refractivity contribution in [3.63, 3.8) is 0 Å². The summed E-state index contributed by atoms with van der Waals surface area (Å²) < 4.78 is 37.0. The number of rotatable bonds is 7. The van der Waals surface area contributed by atoms with Crippen LogP contribution in [0.3, 0.4) is 0 Å². The smallest absolute Gasteiger partial charge is 0.374 e. The Bertz CT molecular complexity index is 404. The van der Waals surface area contributed by atoms with Crippen molar-refractivity contribution in [2.45, 2.75) is 38.9 Å². The first-order valence-corrected chi connectivity index (χ1v) is 6.99. The number of nitrogens with one attached hydrogen (secondary N) is 1. The molecule has 0 saturated heterocycles. The van der Waals surface area contributed by atoms with Gasteiger partial charge in [0, 0.05) is 25.3 Å². The number of para-hydroxylation sites is 1. The Hall–Kier alpha value is -1.23. The summed E-state index contributed by atoms with van der Waals surface area (Å²) in [4.78, 5) is 1.68. The standard InChI is InChI=1S/C15H23F3N2/c1-4-13(19-5-2)12-8-6-7-9-14(12)20(3)11-10-15(16,17)18/h6-9,13,19H,4-5,10-11H2,1-3H3. The van der Waals surface area contributed by atoms with Gasteiger partial charge in [-0.25, -0.2) is 0 Å². The number of benzene rings is 1. The molecule has 114 valence electrons. The molecule has 20 heavy (non-hydrogen) atoms. The van der Waals surface area contributed by atoms with Crippen LogP contribution < -0.4 is 10.2 Å². The fourth-order valence-corrected chi connectivity index (χ4v) is 2.27. The topological polar surface area (TPSA) is 15.3 Å². The molecule has 0 bridgehead atoms. The van der Waals surface area contributed by atoms with E-state index in [2.05, 4.69) is 12.2 Å². The maximum Gasteiger partial charge on any atom is 0.390 e. The van der Waals surface area contributed by atoms with Crippen LogP contribution in [-0.2, 0) is 0 Å². The molecule has 0 aliphatic rings. The van der Waals surface area contributed by atoms with Crippen LogP contribution in [0.5, 0.6) is 0 Å². The SMILES string of the molecule is CCNC(CC)c1ccccc1N(C)CCC(F)(F)F. The third-order valence-corrected chi connectivity index (χ3v) is 3.31. The quantitative estimate of drug-likeness (QED) is 0.811. The number of alkyl halides is 3. The van der Waals surface area contributed by atoms with Gasteiger partial charge in [0.25, 0.3) is 0 Å². The Morgan fingerprint density at radius 2 is 1.85 bits per heavy atom. The fourth-order valence-electron chi connectivity index (χ4n) is 2.27. The molecular weight excluding hydrogens is 265 g/mol. The zero-order valence-corrected chi connectivity index (χ0v) is 12.3. The van der Waals surface area contributed by atoms with Gasteiger partial charge in [0.2, 0.25) is 0 Å². The number of anilines is 1. The number of hydrogen-bond donors (Lipinski definition) is 1. The molecule has 0 spiro atoms. The lowest BCUT2D eigenvalue weighted by atomic mass is 10.0. The van der Waals surface area contributed by atoms with E-state index >= 15 is 0 Å². The molecule has 0 heterocycles. The molecule has 0 aromatic heterocycles. The Kier molecular flexibility index (Phi) is 6.33. The van der Waals surface area contributed by atoms with Gasteiger partial charge in [-0.3, -0.25) is 0 Å². The van der Waals surface area contributed by atoms with Crippen LogP contribution >= 0.6 is 0 Å². The van der Waals surface area contributed by atoms with Crippen LogP contribution in [0.1, 0.15) is 38.3 Å². The van der Waals surface area contributed by atoms with Gasteiger partial charge in [0.05, 0.1) is 6.42 Å². The zero-order valence-electron chi connectivity index (χ0n) is 12.3. The Labute approximate surface area is 119 Å². The lowest BCUT2D eigenvalue weighted by Gasteiger charge is -2.27. The van der Waals surface area contributed by atoms with Crippen molar-refractivity contribution in [2.75, 3.05) is 25.0 Å². The third kappa shape index (κ3) is 5.04. The molecule has 1 rings (SSSR count). The molecule has 0 saturated carbocycles. The summed E-state index contributed by atoms with van der Waals surface area (Å²) >= 11 is 0. The Balaban J connectivity index is 2.88. The predicted molar refractivity (Wildman–Crippen MR) is 77.1 cm³/mol. The van der Waals surface area contributed by atoms with Crippen LogP contribution in [0.25, 0.3) is 0 Å². The first-order chi connectivity index (χ1) is 9.39. The molecule has 1 aromatic carbocycles. The molecule has 1 aromatic rings. The van der Waals surface area contributed by atoms with Gasteiger partial charge in [-0.15, -0.1) is 0 Å². The van der Waals surface area contributed by atoms with Gasteiger partial charge < -0.3 is 10.2 Å². The van der Waals surface area contributed by atoms with E-state index in [9.17, 15) is 13.2 Å². The maximum atomic E-state index is 12.3. The molecule has 0 aliphatic carbocycles. The highest BCUT2D eigenvalue weighted by Gasteiger charge is 2.27. The number of hydrogen-bond acceptors (Lipinski definition) is 2. The highest BCUT2D eigenvalue weighted by molar-refractivity contribution is 5.54. The van der Waals surface area contributed by atoms with Gasteiger partial charge >= 0.3 is 6.18 Å². The van der Waals surface area contributed by atoms with Crippen molar-refractivity contribution < 1.29 is 13.2 Å². The Morgan fingerprint density at radius 1 is 1.20 bits per heavy atom. The van der Waals surface area contributed by atoms with Gasteiger partial charge in [-0.1, -0.05) is 32.0 Å². The second-order valence-electron chi connectivity index (χ2n) is 4.86. The summed E-state index contributed by atoms with van der Waals surface area (Å²) in [6.45, 7) is 4.90. The molecule has 1 atom stereocenters. The minimum absolute atomic E-state index is 0.0247. The molecule has 0 amide bonds. The summed E-state index contributed by atoms with van der Waals surface area (Å²) in [6, 6.07) is 7.82. The number of halogens is 3. The van der Waals surface area contributed by atoms with E-state index in [1.165, 1.54) is 0 Å². The average Bonchev–Trinajstić information content (AvgIpc) is 2.41.